The first-order valence-electron chi connectivity index (χ1n) is 7.24. The maximum atomic E-state index is 6.56. The standard InChI is InChI=1S/C16H24BrNO/c1-3-19-12-7-8-13(14(17)11-12)15(18)16(2)9-5-4-6-10-16/h7-8,11,15H,3-6,9-10,18H2,1-2H3. The minimum absolute atomic E-state index is 0.0952. The summed E-state index contributed by atoms with van der Waals surface area (Å²) in [5.74, 6) is 0.902. The first-order valence-corrected chi connectivity index (χ1v) is 8.04. The smallest absolute Gasteiger partial charge is 0.120 e. The van der Waals surface area contributed by atoms with Crippen molar-refractivity contribution < 1.29 is 4.74 Å². The molecule has 2 nitrogen and oxygen atoms in total. The lowest BCUT2D eigenvalue weighted by Gasteiger charge is -2.39. The zero-order valence-electron chi connectivity index (χ0n) is 11.9. The zero-order valence-corrected chi connectivity index (χ0v) is 13.5. The van der Waals surface area contributed by atoms with Crippen LogP contribution in [0.2, 0.25) is 0 Å². The Kier molecular flexibility index (Phi) is 4.91. The van der Waals surface area contributed by atoms with E-state index in [2.05, 4.69) is 28.9 Å². The van der Waals surface area contributed by atoms with E-state index in [0.717, 1.165) is 10.2 Å². The number of benzene rings is 1. The number of hydrogen-bond acceptors (Lipinski definition) is 2. The number of hydrogen-bond donors (Lipinski definition) is 1. The molecule has 1 fully saturated rings. The van der Waals surface area contributed by atoms with Crippen molar-refractivity contribution in [3.8, 4) is 5.75 Å². The van der Waals surface area contributed by atoms with Gasteiger partial charge < -0.3 is 10.5 Å². The Morgan fingerprint density at radius 3 is 2.58 bits per heavy atom. The fourth-order valence-electron chi connectivity index (χ4n) is 3.06. The number of halogens is 1. The summed E-state index contributed by atoms with van der Waals surface area (Å²) in [6.45, 7) is 5.02. The van der Waals surface area contributed by atoms with Gasteiger partial charge in [0.15, 0.2) is 0 Å². The molecule has 0 heterocycles. The van der Waals surface area contributed by atoms with E-state index in [-0.39, 0.29) is 11.5 Å². The normalized spacial score (nSPS) is 20.0. The summed E-state index contributed by atoms with van der Waals surface area (Å²) in [6, 6.07) is 6.26. The van der Waals surface area contributed by atoms with Gasteiger partial charge in [-0.2, -0.15) is 0 Å². The lowest BCUT2D eigenvalue weighted by Crippen LogP contribution is -2.34. The second-order valence-electron chi connectivity index (χ2n) is 5.81. The van der Waals surface area contributed by atoms with Gasteiger partial charge in [-0.25, -0.2) is 0 Å². The number of ether oxygens (including phenoxy) is 1. The van der Waals surface area contributed by atoms with Crippen LogP contribution >= 0.6 is 15.9 Å². The molecule has 1 saturated carbocycles. The summed E-state index contributed by atoms with van der Waals surface area (Å²) < 4.78 is 6.59. The third kappa shape index (κ3) is 3.32. The molecule has 0 aliphatic heterocycles. The maximum absolute atomic E-state index is 6.56. The van der Waals surface area contributed by atoms with Gasteiger partial charge in [0.05, 0.1) is 6.61 Å². The molecule has 0 saturated heterocycles. The molecule has 1 atom stereocenters. The predicted octanol–water partition coefficient (Wildman–Crippen LogP) is 4.82. The highest BCUT2D eigenvalue weighted by Crippen LogP contribution is 2.46. The lowest BCUT2D eigenvalue weighted by molar-refractivity contribution is 0.170. The Bertz CT molecular complexity index is 427. The van der Waals surface area contributed by atoms with Gasteiger partial charge in [0.1, 0.15) is 5.75 Å². The molecule has 2 rings (SSSR count). The average Bonchev–Trinajstić information content (AvgIpc) is 2.39. The van der Waals surface area contributed by atoms with Crippen molar-refractivity contribution in [2.24, 2.45) is 11.1 Å². The molecule has 1 aliphatic rings. The second kappa shape index (κ2) is 6.27. The third-order valence-corrected chi connectivity index (χ3v) is 5.05. The Balaban J connectivity index is 2.20. The van der Waals surface area contributed by atoms with Gasteiger partial charge in [-0.3, -0.25) is 0 Å². The van der Waals surface area contributed by atoms with E-state index in [1.807, 2.05) is 19.1 Å². The van der Waals surface area contributed by atoms with Gasteiger partial charge in [0, 0.05) is 10.5 Å². The van der Waals surface area contributed by atoms with Crippen molar-refractivity contribution in [3.63, 3.8) is 0 Å². The van der Waals surface area contributed by atoms with E-state index >= 15 is 0 Å². The van der Waals surface area contributed by atoms with Gasteiger partial charge >= 0.3 is 0 Å². The van der Waals surface area contributed by atoms with E-state index in [4.69, 9.17) is 10.5 Å². The molecule has 0 radical (unpaired) electrons. The first-order chi connectivity index (χ1) is 9.07. The van der Waals surface area contributed by atoms with Crippen molar-refractivity contribution in [3.05, 3.63) is 28.2 Å². The second-order valence-corrected chi connectivity index (χ2v) is 6.66. The molecule has 0 bridgehead atoms. The predicted molar refractivity (Wildman–Crippen MR) is 83.4 cm³/mol. The van der Waals surface area contributed by atoms with Crippen molar-refractivity contribution in [2.45, 2.75) is 52.0 Å². The molecule has 1 aromatic rings. The summed E-state index contributed by atoms with van der Waals surface area (Å²) in [7, 11) is 0. The Morgan fingerprint density at radius 2 is 2.00 bits per heavy atom. The topological polar surface area (TPSA) is 35.2 Å². The molecule has 1 unspecified atom stereocenters. The zero-order chi connectivity index (χ0) is 13.9. The molecule has 0 aromatic heterocycles. The highest BCUT2D eigenvalue weighted by atomic mass is 79.9. The van der Waals surface area contributed by atoms with Crippen molar-refractivity contribution in [1.82, 2.24) is 0 Å². The fourth-order valence-corrected chi connectivity index (χ4v) is 3.67. The molecule has 3 heteroatoms. The highest BCUT2D eigenvalue weighted by molar-refractivity contribution is 9.10. The molecule has 106 valence electrons. The van der Waals surface area contributed by atoms with Crippen LogP contribution in [0.3, 0.4) is 0 Å². The van der Waals surface area contributed by atoms with Gasteiger partial charge in [-0.15, -0.1) is 0 Å². The molecule has 19 heavy (non-hydrogen) atoms. The van der Waals surface area contributed by atoms with E-state index in [9.17, 15) is 0 Å². The molecular weight excluding hydrogens is 302 g/mol. The van der Waals surface area contributed by atoms with E-state index < -0.39 is 0 Å². The van der Waals surface area contributed by atoms with Crippen molar-refractivity contribution in [1.29, 1.82) is 0 Å². The summed E-state index contributed by atoms with van der Waals surface area (Å²) in [6.07, 6.45) is 6.42. The van der Waals surface area contributed by atoms with Crippen LogP contribution in [0.4, 0.5) is 0 Å². The Morgan fingerprint density at radius 1 is 1.32 bits per heavy atom. The van der Waals surface area contributed by atoms with Crippen LogP contribution in [0.15, 0.2) is 22.7 Å². The summed E-state index contributed by atoms with van der Waals surface area (Å²) in [5, 5.41) is 0. The van der Waals surface area contributed by atoms with E-state index in [0.29, 0.717) is 6.61 Å². The largest absolute Gasteiger partial charge is 0.494 e. The Hall–Kier alpha value is -0.540. The lowest BCUT2D eigenvalue weighted by atomic mass is 9.69. The number of rotatable bonds is 4. The van der Waals surface area contributed by atoms with Gasteiger partial charge in [-0.1, -0.05) is 48.2 Å². The highest BCUT2D eigenvalue weighted by Gasteiger charge is 2.34. The average molecular weight is 326 g/mol. The molecular formula is C16H24BrNO. The molecule has 2 N–H and O–H groups in total. The molecule has 0 amide bonds. The molecule has 1 aliphatic carbocycles. The van der Waals surface area contributed by atoms with Gasteiger partial charge in [0.25, 0.3) is 0 Å². The summed E-state index contributed by atoms with van der Waals surface area (Å²) in [4.78, 5) is 0. The van der Waals surface area contributed by atoms with Crippen LogP contribution in [0.5, 0.6) is 5.75 Å². The molecule has 1 aromatic carbocycles. The van der Waals surface area contributed by atoms with Crippen LogP contribution in [0.25, 0.3) is 0 Å². The Labute approximate surface area is 124 Å². The summed E-state index contributed by atoms with van der Waals surface area (Å²) >= 11 is 3.65. The van der Waals surface area contributed by atoms with Crippen LogP contribution in [-0.4, -0.2) is 6.61 Å². The molecule has 0 spiro atoms. The summed E-state index contributed by atoms with van der Waals surface area (Å²) in [5.41, 5.74) is 7.99. The third-order valence-electron chi connectivity index (χ3n) is 4.36. The van der Waals surface area contributed by atoms with Crippen LogP contribution in [-0.2, 0) is 0 Å². The van der Waals surface area contributed by atoms with Crippen LogP contribution in [0, 0.1) is 5.41 Å². The first kappa shape index (κ1) is 14.9. The van der Waals surface area contributed by atoms with Crippen molar-refractivity contribution >= 4 is 15.9 Å². The van der Waals surface area contributed by atoms with Gasteiger partial charge in [0.2, 0.25) is 0 Å². The van der Waals surface area contributed by atoms with Crippen LogP contribution < -0.4 is 10.5 Å². The number of nitrogens with two attached hydrogens (primary N) is 1. The van der Waals surface area contributed by atoms with Crippen LogP contribution in [0.1, 0.15) is 57.6 Å². The fraction of sp³-hybridized carbons (Fsp3) is 0.625. The van der Waals surface area contributed by atoms with E-state index in [1.54, 1.807) is 0 Å². The minimum Gasteiger partial charge on any atom is -0.494 e. The maximum Gasteiger partial charge on any atom is 0.120 e. The minimum atomic E-state index is 0.0952. The van der Waals surface area contributed by atoms with E-state index in [1.165, 1.54) is 37.7 Å². The monoisotopic (exact) mass is 325 g/mol. The van der Waals surface area contributed by atoms with Crippen molar-refractivity contribution in [2.75, 3.05) is 6.61 Å². The van der Waals surface area contributed by atoms with Gasteiger partial charge in [-0.05, 0) is 42.9 Å². The quantitative estimate of drug-likeness (QED) is 0.861. The SMILES string of the molecule is CCOc1ccc(C(N)C2(C)CCCCC2)c(Br)c1.